The summed E-state index contributed by atoms with van der Waals surface area (Å²) < 4.78 is 38.4. The molecule has 1 aromatic carbocycles. The fourth-order valence-electron chi connectivity index (χ4n) is 4.06. The van der Waals surface area contributed by atoms with Gasteiger partial charge < -0.3 is 23.7 Å². The van der Waals surface area contributed by atoms with E-state index in [0.717, 1.165) is 12.8 Å². The van der Waals surface area contributed by atoms with Crippen molar-refractivity contribution in [2.75, 3.05) is 20.2 Å². The molecule has 0 aliphatic carbocycles. The molecular formula is C24H37BFNO5. The topological polar surface area (TPSA) is 57.2 Å². The molecule has 0 spiro atoms. The molecule has 2 fully saturated rings. The molecule has 0 N–H and O–H groups in total. The molecule has 1 amide bonds. The maximum Gasteiger partial charge on any atom is 0.495 e. The van der Waals surface area contributed by atoms with Crippen molar-refractivity contribution in [1.29, 1.82) is 0 Å². The van der Waals surface area contributed by atoms with E-state index in [1.165, 1.54) is 6.07 Å². The molecule has 0 radical (unpaired) electrons. The van der Waals surface area contributed by atoms with Crippen molar-refractivity contribution in [2.24, 2.45) is 5.92 Å². The number of hydrogen-bond acceptors (Lipinski definition) is 5. The number of halogens is 1. The molecule has 2 heterocycles. The van der Waals surface area contributed by atoms with E-state index in [1.807, 2.05) is 54.5 Å². The largest absolute Gasteiger partial charge is 0.496 e. The van der Waals surface area contributed by atoms with Crippen LogP contribution in [0.25, 0.3) is 0 Å². The maximum atomic E-state index is 15.2. The number of methoxy groups -OCH3 is 1. The number of likely N-dealkylation sites (tertiary alicyclic amines) is 1. The summed E-state index contributed by atoms with van der Waals surface area (Å²) in [5.41, 5.74) is -0.335. The first kappa shape index (κ1) is 24.8. The van der Waals surface area contributed by atoms with Crippen molar-refractivity contribution in [3.05, 3.63) is 23.5 Å². The second-order valence-corrected chi connectivity index (χ2v) is 10.9. The van der Waals surface area contributed by atoms with Gasteiger partial charge in [0.25, 0.3) is 0 Å². The zero-order valence-corrected chi connectivity index (χ0v) is 20.7. The smallest absolute Gasteiger partial charge is 0.495 e. The van der Waals surface area contributed by atoms with Gasteiger partial charge in [-0.25, -0.2) is 9.18 Å². The Morgan fingerprint density at radius 3 is 2.22 bits per heavy atom. The van der Waals surface area contributed by atoms with Crippen molar-refractivity contribution in [1.82, 2.24) is 4.90 Å². The molecule has 8 heteroatoms. The van der Waals surface area contributed by atoms with E-state index < -0.39 is 23.9 Å². The van der Waals surface area contributed by atoms with E-state index in [0.29, 0.717) is 36.3 Å². The van der Waals surface area contributed by atoms with Gasteiger partial charge in [-0.05, 0) is 91.2 Å². The van der Waals surface area contributed by atoms with Crippen molar-refractivity contribution in [2.45, 2.75) is 84.5 Å². The van der Waals surface area contributed by atoms with Crippen LogP contribution in [-0.4, -0.2) is 55.1 Å². The average Bonchev–Trinajstić information content (AvgIpc) is 2.89. The summed E-state index contributed by atoms with van der Waals surface area (Å²) in [7, 11) is 0.909. The van der Waals surface area contributed by atoms with E-state index in [9.17, 15) is 4.79 Å². The number of benzene rings is 1. The van der Waals surface area contributed by atoms with Crippen LogP contribution < -0.4 is 10.2 Å². The van der Waals surface area contributed by atoms with E-state index in [1.54, 1.807) is 12.0 Å². The van der Waals surface area contributed by atoms with Gasteiger partial charge >= 0.3 is 13.2 Å². The molecule has 0 atom stereocenters. The third kappa shape index (κ3) is 5.39. The molecule has 178 valence electrons. The predicted molar refractivity (Wildman–Crippen MR) is 123 cm³/mol. The summed E-state index contributed by atoms with van der Waals surface area (Å²) in [6.07, 6.45) is 1.86. The molecular weight excluding hydrogens is 412 g/mol. The summed E-state index contributed by atoms with van der Waals surface area (Å²) in [6, 6.07) is 3.31. The van der Waals surface area contributed by atoms with Gasteiger partial charge in [-0.1, -0.05) is 0 Å². The summed E-state index contributed by atoms with van der Waals surface area (Å²) in [4.78, 5) is 14.0. The van der Waals surface area contributed by atoms with Crippen molar-refractivity contribution in [3.63, 3.8) is 0 Å². The standard InChI is InChI=1S/C24H37BFNO5/c1-22(2,3)30-21(28)27-11-9-16(10-12-27)13-18-19(26)14-17(15-20(18)29-8)25-31-23(4,5)24(6,7)32-25/h14-16H,9-13H2,1-8H3. The van der Waals surface area contributed by atoms with Crippen LogP contribution in [0.15, 0.2) is 12.1 Å². The second-order valence-electron chi connectivity index (χ2n) is 10.9. The Morgan fingerprint density at radius 2 is 1.72 bits per heavy atom. The van der Waals surface area contributed by atoms with Gasteiger partial charge in [0.15, 0.2) is 0 Å². The Morgan fingerprint density at radius 1 is 1.16 bits per heavy atom. The Balaban J connectivity index is 1.68. The first-order valence-electron chi connectivity index (χ1n) is 11.4. The summed E-state index contributed by atoms with van der Waals surface area (Å²) in [5.74, 6) is 0.452. The lowest BCUT2D eigenvalue weighted by Gasteiger charge is -2.33. The number of nitrogens with zero attached hydrogens (tertiary/aromatic N) is 1. The maximum absolute atomic E-state index is 15.2. The minimum Gasteiger partial charge on any atom is -0.496 e. The van der Waals surface area contributed by atoms with E-state index in [4.69, 9.17) is 18.8 Å². The minimum absolute atomic E-state index is 0.264. The molecule has 2 aliphatic rings. The van der Waals surface area contributed by atoms with Gasteiger partial charge in [0.05, 0.1) is 18.3 Å². The number of hydrogen-bond donors (Lipinski definition) is 0. The van der Waals surface area contributed by atoms with Crippen LogP contribution in [0.2, 0.25) is 0 Å². The van der Waals surface area contributed by atoms with Gasteiger partial charge in [0, 0.05) is 18.7 Å². The van der Waals surface area contributed by atoms with Gasteiger partial charge in [0.1, 0.15) is 17.2 Å². The lowest BCUT2D eigenvalue weighted by Crippen LogP contribution is -2.42. The van der Waals surface area contributed by atoms with Crippen LogP contribution in [0.3, 0.4) is 0 Å². The fourth-order valence-corrected chi connectivity index (χ4v) is 4.06. The van der Waals surface area contributed by atoms with Crippen LogP contribution in [0.1, 0.15) is 66.9 Å². The molecule has 32 heavy (non-hydrogen) atoms. The molecule has 2 aliphatic heterocycles. The van der Waals surface area contributed by atoms with Crippen LogP contribution in [-0.2, 0) is 20.5 Å². The number of ether oxygens (including phenoxy) is 2. The second kappa shape index (κ2) is 8.86. The van der Waals surface area contributed by atoms with Crippen LogP contribution in [0, 0.1) is 11.7 Å². The third-order valence-corrected chi connectivity index (χ3v) is 6.68. The number of amides is 1. The molecule has 1 aromatic rings. The van der Waals surface area contributed by atoms with E-state index in [-0.39, 0.29) is 17.8 Å². The highest BCUT2D eigenvalue weighted by molar-refractivity contribution is 6.62. The van der Waals surface area contributed by atoms with Crippen molar-refractivity contribution >= 4 is 18.7 Å². The quantitative estimate of drug-likeness (QED) is 0.641. The molecule has 0 aromatic heterocycles. The zero-order chi connectivity index (χ0) is 23.9. The molecule has 2 saturated heterocycles. The number of carbonyl (C=O) groups is 1. The van der Waals surface area contributed by atoms with Crippen LogP contribution in [0.4, 0.5) is 9.18 Å². The monoisotopic (exact) mass is 449 g/mol. The van der Waals surface area contributed by atoms with Crippen molar-refractivity contribution in [3.8, 4) is 5.75 Å². The molecule has 6 nitrogen and oxygen atoms in total. The molecule has 3 rings (SSSR count). The summed E-state index contributed by atoms with van der Waals surface area (Å²) in [6.45, 7) is 14.7. The Kier molecular flexibility index (Phi) is 6.88. The average molecular weight is 449 g/mol. The Bertz CT molecular complexity index is 828. The summed E-state index contributed by atoms with van der Waals surface area (Å²) >= 11 is 0. The van der Waals surface area contributed by atoms with Crippen LogP contribution in [0.5, 0.6) is 5.75 Å². The lowest BCUT2D eigenvalue weighted by molar-refractivity contribution is 0.00578. The first-order valence-corrected chi connectivity index (χ1v) is 11.4. The van der Waals surface area contributed by atoms with E-state index >= 15 is 4.39 Å². The number of piperidine rings is 1. The highest BCUT2D eigenvalue weighted by Gasteiger charge is 2.52. The fraction of sp³-hybridized carbons (Fsp3) is 0.708. The number of carbonyl (C=O) groups excluding carboxylic acids is 1. The summed E-state index contributed by atoms with van der Waals surface area (Å²) in [5, 5.41) is 0. The Labute approximate surface area is 191 Å². The van der Waals surface area contributed by atoms with Crippen LogP contribution >= 0.6 is 0 Å². The lowest BCUT2D eigenvalue weighted by atomic mass is 9.77. The molecule has 0 unspecified atom stereocenters. The van der Waals surface area contributed by atoms with E-state index in [2.05, 4.69) is 0 Å². The van der Waals surface area contributed by atoms with Gasteiger partial charge in [-0.2, -0.15) is 0 Å². The van der Waals surface area contributed by atoms with Crippen molar-refractivity contribution < 1.29 is 28.0 Å². The zero-order valence-electron chi connectivity index (χ0n) is 20.7. The minimum atomic E-state index is -0.644. The molecule has 0 bridgehead atoms. The van der Waals surface area contributed by atoms with Gasteiger partial charge in [-0.15, -0.1) is 0 Å². The Hall–Kier alpha value is -1.80. The SMILES string of the molecule is COc1cc(B2OC(C)(C)C(C)(C)O2)cc(F)c1CC1CCN(C(=O)OC(C)(C)C)CC1. The highest BCUT2D eigenvalue weighted by atomic mass is 19.1. The predicted octanol–water partition coefficient (Wildman–Crippen LogP) is 4.32. The third-order valence-electron chi connectivity index (χ3n) is 6.68. The molecule has 0 saturated carbocycles. The highest BCUT2D eigenvalue weighted by Crippen LogP contribution is 2.37. The first-order chi connectivity index (χ1) is 14.7. The number of rotatable bonds is 4. The van der Waals surface area contributed by atoms with Gasteiger partial charge in [0.2, 0.25) is 0 Å². The van der Waals surface area contributed by atoms with Gasteiger partial charge in [-0.3, -0.25) is 0 Å². The normalized spacial score (nSPS) is 21.0.